The van der Waals surface area contributed by atoms with E-state index < -0.39 is 0 Å². The van der Waals surface area contributed by atoms with Gasteiger partial charge in [-0.25, -0.2) is 0 Å². The fourth-order valence-electron chi connectivity index (χ4n) is 2.05. The molecular formula is C14H16N6OS2. The molecule has 0 aromatic carbocycles. The number of thioether (sulfide) groups is 1. The highest BCUT2D eigenvalue weighted by Gasteiger charge is 2.07. The standard InChI is InChI=1S/C14H16N6OS2/c1-10-16-19-14(23-10)22-9-13(21)15-7-4-6-12-18-17-11-5-2-3-8-20(11)12/h2-3,5,8H,4,6-7,9H2,1H3,(H,15,21). The number of pyridine rings is 1. The zero-order valence-electron chi connectivity index (χ0n) is 12.6. The molecule has 1 N–H and O–H groups in total. The molecule has 23 heavy (non-hydrogen) atoms. The Labute approximate surface area is 141 Å². The van der Waals surface area contributed by atoms with Crippen molar-refractivity contribution in [3.63, 3.8) is 0 Å². The van der Waals surface area contributed by atoms with Crippen molar-refractivity contribution in [3.05, 3.63) is 35.2 Å². The van der Waals surface area contributed by atoms with E-state index in [-0.39, 0.29) is 5.91 Å². The average molecular weight is 348 g/mol. The van der Waals surface area contributed by atoms with Crippen molar-refractivity contribution >= 4 is 34.7 Å². The summed E-state index contributed by atoms with van der Waals surface area (Å²) in [5, 5.41) is 20.0. The van der Waals surface area contributed by atoms with Crippen molar-refractivity contribution in [2.75, 3.05) is 12.3 Å². The third kappa shape index (κ3) is 4.26. The van der Waals surface area contributed by atoms with Crippen LogP contribution in [0.4, 0.5) is 0 Å². The Bertz CT molecular complexity index is 799. The molecule has 3 aromatic rings. The van der Waals surface area contributed by atoms with E-state index in [0.29, 0.717) is 12.3 Å². The molecule has 0 aliphatic carbocycles. The molecule has 0 aliphatic rings. The summed E-state index contributed by atoms with van der Waals surface area (Å²) in [6, 6.07) is 5.81. The summed E-state index contributed by atoms with van der Waals surface area (Å²) in [7, 11) is 0. The van der Waals surface area contributed by atoms with Crippen molar-refractivity contribution in [2.45, 2.75) is 24.1 Å². The topological polar surface area (TPSA) is 85.1 Å². The smallest absolute Gasteiger partial charge is 0.230 e. The number of aryl methyl sites for hydroxylation is 2. The average Bonchev–Trinajstić information content (AvgIpc) is 3.16. The third-order valence-electron chi connectivity index (χ3n) is 3.12. The van der Waals surface area contributed by atoms with E-state index >= 15 is 0 Å². The number of hydrogen-bond donors (Lipinski definition) is 1. The first-order chi connectivity index (χ1) is 11.2. The lowest BCUT2D eigenvalue weighted by Gasteiger charge is -2.03. The normalized spacial score (nSPS) is 11.0. The van der Waals surface area contributed by atoms with Crippen LogP contribution in [0.3, 0.4) is 0 Å². The Hall–Kier alpha value is -2.00. The highest BCUT2D eigenvalue weighted by molar-refractivity contribution is 8.01. The summed E-state index contributed by atoms with van der Waals surface area (Å²) in [6.45, 7) is 2.52. The largest absolute Gasteiger partial charge is 0.355 e. The molecule has 0 spiro atoms. The first kappa shape index (κ1) is 15.9. The van der Waals surface area contributed by atoms with Gasteiger partial charge in [-0.3, -0.25) is 9.20 Å². The fourth-order valence-corrected chi connectivity index (χ4v) is 3.70. The zero-order chi connectivity index (χ0) is 16.1. The molecule has 0 saturated carbocycles. The van der Waals surface area contributed by atoms with E-state index in [9.17, 15) is 4.79 Å². The summed E-state index contributed by atoms with van der Waals surface area (Å²) in [6.07, 6.45) is 3.54. The second kappa shape index (κ2) is 7.51. The number of aromatic nitrogens is 5. The molecule has 0 atom stereocenters. The van der Waals surface area contributed by atoms with Gasteiger partial charge in [-0.2, -0.15) is 0 Å². The predicted molar refractivity (Wildman–Crippen MR) is 89.7 cm³/mol. The maximum atomic E-state index is 11.8. The van der Waals surface area contributed by atoms with Gasteiger partial charge in [0.05, 0.1) is 5.75 Å². The SMILES string of the molecule is Cc1nnc(SCC(=O)NCCCc2nnc3ccccn23)s1. The number of nitrogens with zero attached hydrogens (tertiary/aromatic N) is 5. The van der Waals surface area contributed by atoms with Gasteiger partial charge in [0.1, 0.15) is 10.8 Å². The lowest BCUT2D eigenvalue weighted by molar-refractivity contribution is -0.118. The van der Waals surface area contributed by atoms with Crippen LogP contribution < -0.4 is 5.32 Å². The number of fused-ring (bicyclic) bond motifs is 1. The first-order valence-electron chi connectivity index (χ1n) is 7.20. The second-order valence-corrected chi connectivity index (χ2v) is 7.28. The predicted octanol–water partition coefficient (Wildman–Crippen LogP) is 1.73. The molecule has 3 heterocycles. The quantitative estimate of drug-likeness (QED) is 0.517. The fraction of sp³-hybridized carbons (Fsp3) is 0.357. The summed E-state index contributed by atoms with van der Waals surface area (Å²) in [5.74, 6) is 1.28. The van der Waals surface area contributed by atoms with Gasteiger partial charge in [-0.05, 0) is 25.5 Å². The van der Waals surface area contributed by atoms with E-state index in [4.69, 9.17) is 0 Å². The number of amides is 1. The summed E-state index contributed by atoms with van der Waals surface area (Å²) < 4.78 is 2.79. The molecule has 3 aromatic heterocycles. The molecule has 0 bridgehead atoms. The van der Waals surface area contributed by atoms with E-state index in [1.54, 1.807) is 0 Å². The molecule has 0 fully saturated rings. The Balaban J connectivity index is 1.38. The summed E-state index contributed by atoms with van der Waals surface area (Å²) >= 11 is 2.91. The zero-order valence-corrected chi connectivity index (χ0v) is 14.2. The Morgan fingerprint density at radius 1 is 1.30 bits per heavy atom. The Kier molecular flexibility index (Phi) is 5.19. The molecule has 1 amide bonds. The van der Waals surface area contributed by atoms with E-state index in [1.807, 2.05) is 35.7 Å². The first-order valence-corrected chi connectivity index (χ1v) is 9.01. The number of hydrogen-bond acceptors (Lipinski definition) is 7. The van der Waals surface area contributed by atoms with Gasteiger partial charge in [0, 0.05) is 19.2 Å². The lowest BCUT2D eigenvalue weighted by Crippen LogP contribution is -2.26. The molecule has 0 unspecified atom stereocenters. The number of nitrogens with one attached hydrogen (secondary N) is 1. The minimum atomic E-state index is 0.00829. The van der Waals surface area contributed by atoms with Gasteiger partial charge in [0.15, 0.2) is 9.99 Å². The summed E-state index contributed by atoms with van der Waals surface area (Å²) in [4.78, 5) is 11.8. The molecule has 0 aliphatic heterocycles. The van der Waals surface area contributed by atoms with Crippen molar-refractivity contribution in [1.82, 2.24) is 30.1 Å². The van der Waals surface area contributed by atoms with Crippen molar-refractivity contribution in [1.29, 1.82) is 0 Å². The third-order valence-corrected chi connectivity index (χ3v) is 5.09. The Morgan fingerprint density at radius 3 is 3.04 bits per heavy atom. The van der Waals surface area contributed by atoms with Crippen LogP contribution >= 0.6 is 23.1 Å². The highest BCUT2D eigenvalue weighted by atomic mass is 32.2. The van der Waals surface area contributed by atoms with Gasteiger partial charge >= 0.3 is 0 Å². The van der Waals surface area contributed by atoms with E-state index in [2.05, 4.69) is 25.7 Å². The maximum absolute atomic E-state index is 11.8. The van der Waals surface area contributed by atoms with Gasteiger partial charge in [0.25, 0.3) is 0 Å². The molecule has 0 saturated heterocycles. The number of carbonyl (C=O) groups is 1. The van der Waals surface area contributed by atoms with Crippen molar-refractivity contribution in [2.24, 2.45) is 0 Å². The second-order valence-electron chi connectivity index (χ2n) is 4.87. The van der Waals surface area contributed by atoms with Crippen LogP contribution in [-0.4, -0.2) is 43.0 Å². The van der Waals surface area contributed by atoms with Crippen LogP contribution in [-0.2, 0) is 11.2 Å². The van der Waals surface area contributed by atoms with E-state index in [1.165, 1.54) is 23.1 Å². The molecule has 120 valence electrons. The monoisotopic (exact) mass is 348 g/mol. The molecule has 7 nitrogen and oxygen atoms in total. The minimum Gasteiger partial charge on any atom is -0.355 e. The van der Waals surface area contributed by atoms with Gasteiger partial charge in [-0.15, -0.1) is 20.4 Å². The van der Waals surface area contributed by atoms with Crippen molar-refractivity contribution < 1.29 is 4.79 Å². The molecule has 9 heteroatoms. The number of rotatable bonds is 7. The van der Waals surface area contributed by atoms with Crippen molar-refractivity contribution in [3.8, 4) is 0 Å². The highest BCUT2D eigenvalue weighted by Crippen LogP contribution is 2.21. The van der Waals surface area contributed by atoms with Crippen LogP contribution in [0, 0.1) is 6.92 Å². The van der Waals surface area contributed by atoms with Crippen LogP contribution in [0.2, 0.25) is 0 Å². The maximum Gasteiger partial charge on any atom is 0.230 e. The summed E-state index contributed by atoms with van der Waals surface area (Å²) in [5.41, 5.74) is 0.843. The minimum absolute atomic E-state index is 0.00829. The lowest BCUT2D eigenvalue weighted by atomic mass is 10.3. The van der Waals surface area contributed by atoms with Gasteiger partial charge in [0.2, 0.25) is 5.91 Å². The Morgan fingerprint density at radius 2 is 2.22 bits per heavy atom. The van der Waals surface area contributed by atoms with Crippen LogP contribution in [0.25, 0.3) is 5.65 Å². The number of carbonyl (C=O) groups excluding carboxylic acids is 1. The van der Waals surface area contributed by atoms with E-state index in [0.717, 1.165) is 33.7 Å². The van der Waals surface area contributed by atoms with Gasteiger partial charge in [-0.1, -0.05) is 29.2 Å². The van der Waals surface area contributed by atoms with Crippen LogP contribution in [0.1, 0.15) is 17.3 Å². The van der Waals surface area contributed by atoms with Gasteiger partial charge < -0.3 is 5.32 Å². The molecular weight excluding hydrogens is 332 g/mol. The van der Waals surface area contributed by atoms with Crippen LogP contribution in [0.5, 0.6) is 0 Å². The molecule has 0 radical (unpaired) electrons. The molecule has 3 rings (SSSR count). The van der Waals surface area contributed by atoms with Crippen LogP contribution in [0.15, 0.2) is 28.7 Å².